The number of nitrogens with zero attached hydrogens (tertiary/aromatic N) is 8. The van der Waals surface area contributed by atoms with Crippen LogP contribution in [0.15, 0.2) is 120 Å². The number of benzene rings is 2. The molecule has 3 N–H and O–H groups in total. The molecule has 16 nitrogen and oxygen atoms in total. The number of halogens is 8. The van der Waals surface area contributed by atoms with Gasteiger partial charge in [-0.1, -0.05) is 0 Å². The number of hydrogen-bond acceptors (Lipinski definition) is 13. The number of rotatable bonds is 12. The normalized spacial score (nSPS) is 18.6. The molecule has 388 valence electrons. The number of pyridine rings is 2. The number of aromatic nitrogens is 6. The van der Waals surface area contributed by atoms with Gasteiger partial charge in [-0.3, -0.25) is 19.6 Å². The van der Waals surface area contributed by atoms with E-state index < -0.39 is 72.5 Å². The van der Waals surface area contributed by atoms with Crippen molar-refractivity contribution in [2.45, 2.75) is 92.1 Å². The fourth-order valence-corrected chi connectivity index (χ4v) is 11.5. The third kappa shape index (κ3) is 12.9. The molecule has 0 spiro atoms. The van der Waals surface area contributed by atoms with Crippen molar-refractivity contribution in [3.05, 3.63) is 144 Å². The summed E-state index contributed by atoms with van der Waals surface area (Å²) in [7, 11) is -7.94. The molecule has 0 bridgehead atoms. The van der Waals surface area contributed by atoms with Gasteiger partial charge >= 0.3 is 18.3 Å². The van der Waals surface area contributed by atoms with E-state index in [0.717, 1.165) is 65.2 Å². The van der Waals surface area contributed by atoms with Crippen LogP contribution in [0.5, 0.6) is 0 Å². The molecule has 4 aromatic heterocycles. The highest BCUT2D eigenvalue weighted by Gasteiger charge is 2.50. The van der Waals surface area contributed by atoms with E-state index in [2.05, 4.69) is 29.9 Å². The van der Waals surface area contributed by atoms with Crippen molar-refractivity contribution in [1.82, 2.24) is 38.5 Å². The van der Waals surface area contributed by atoms with Crippen molar-refractivity contribution in [2.24, 2.45) is 5.73 Å². The molecule has 0 radical (unpaired) electrons. The Bertz CT molecular complexity index is 3140. The maximum absolute atomic E-state index is 13.3. The molecular weight excluding hydrogens is 1020 g/mol. The quantitative estimate of drug-likeness (QED) is 0.111. The number of hydrogen-bond donors (Lipinski definition) is 2. The fraction of sp³-hybridized carbons (Fsp3) is 0.319. The number of carboxylic acid groups (broad SMARTS) is 1. The number of ketones is 1. The summed E-state index contributed by atoms with van der Waals surface area (Å²) in [6.45, 7) is 3.54. The van der Waals surface area contributed by atoms with Crippen LogP contribution in [-0.4, -0.2) is 96.4 Å². The number of carboxylic acids is 1. The van der Waals surface area contributed by atoms with Crippen LogP contribution in [0.2, 0.25) is 0 Å². The Kier molecular flexibility index (Phi) is 16.9. The van der Waals surface area contributed by atoms with Gasteiger partial charge < -0.3 is 10.8 Å². The van der Waals surface area contributed by atoms with E-state index >= 15 is 0 Å². The van der Waals surface area contributed by atoms with Crippen LogP contribution < -0.4 is 5.73 Å². The summed E-state index contributed by atoms with van der Waals surface area (Å²) >= 11 is 0. The molecule has 6 aromatic rings. The number of alkyl halides is 6. The lowest BCUT2D eigenvalue weighted by molar-refractivity contribution is -0.146. The molecule has 6 heterocycles. The first-order valence-corrected chi connectivity index (χ1v) is 24.8. The Balaban J connectivity index is 0.000000197. The van der Waals surface area contributed by atoms with Gasteiger partial charge in [0, 0.05) is 55.3 Å². The zero-order chi connectivity index (χ0) is 53.6. The minimum absolute atomic E-state index is 0.00630. The number of carbonyl (C=O) groups excluding carboxylic acids is 1. The van der Waals surface area contributed by atoms with Crippen molar-refractivity contribution < 1.29 is 66.7 Å². The number of Topliss-reactive ketones (excluding diaryl/α,β-unsaturated/α-hetero) is 1. The smallest absolute Gasteiger partial charge is 0.433 e. The summed E-state index contributed by atoms with van der Waals surface area (Å²) in [6.07, 6.45) is -2.45. The standard InChI is InChI=1S/C24H22F4N4O3S.C12H14FNO4S.C11H9F3N4/c1-23(11-2-12-32(23)36(34,35)19-7-4-17(25)5-8-19)22(33)10-6-18-13-20(31-15-30-18)16-3-9-21(29-14-16)24(26,27)28;1-12(11(15)16)7-2-8-14(12)19(17,18)10-5-3-9(13)4-6-10;12-11(13,14)10-2-1-7(5-16-10)9-3-8(4-15)17-6-18-9/h3-5,7-9,13-15H,2,6,10-12H2,1H3;3-6H,2,7-8H2,1H3,(H,15,16);1-3,5-6H,4,15H2/t23-;12-;/m00./s1. The van der Waals surface area contributed by atoms with Gasteiger partial charge in [0.1, 0.15) is 41.2 Å². The van der Waals surface area contributed by atoms with E-state index in [1.807, 2.05) is 0 Å². The monoisotopic (exact) mass is 1060 g/mol. The summed E-state index contributed by atoms with van der Waals surface area (Å²) in [5.74, 6) is -2.57. The van der Waals surface area contributed by atoms with Crippen molar-refractivity contribution in [2.75, 3.05) is 13.1 Å². The maximum atomic E-state index is 13.3. The van der Waals surface area contributed by atoms with Gasteiger partial charge in [-0.15, -0.1) is 0 Å². The van der Waals surface area contributed by atoms with Crippen LogP contribution in [0, 0.1) is 11.6 Å². The van der Waals surface area contributed by atoms with Gasteiger partial charge in [-0.05, 0) is 131 Å². The fourth-order valence-electron chi connectivity index (χ4n) is 7.90. The number of aliphatic carboxylic acids is 1. The second-order valence-electron chi connectivity index (χ2n) is 16.9. The lowest BCUT2D eigenvalue weighted by Gasteiger charge is -2.33. The highest BCUT2D eigenvalue weighted by molar-refractivity contribution is 7.89. The van der Waals surface area contributed by atoms with Crippen LogP contribution in [-0.2, 0) is 55.0 Å². The summed E-state index contributed by atoms with van der Waals surface area (Å²) in [4.78, 5) is 47.2. The Labute approximate surface area is 413 Å². The average Bonchev–Trinajstić information content (AvgIpc) is 3.98. The first-order chi connectivity index (χ1) is 34.2. The average molecular weight is 1060 g/mol. The Hall–Kier alpha value is -6.74. The van der Waals surface area contributed by atoms with Crippen molar-refractivity contribution in [3.8, 4) is 22.5 Å². The SMILES string of the molecule is C[C@@]1(C(=O)CCc2cc(-c3ccc(C(F)(F)F)nc3)ncn2)CCCN1S(=O)(=O)c1ccc(F)cc1.C[C@@]1(C(=O)O)CCCN1S(=O)(=O)c1ccc(F)cc1.NCc1cc(-c2ccc(C(F)(F)F)nc2)ncn1. The lowest BCUT2D eigenvalue weighted by Crippen LogP contribution is -2.50. The maximum Gasteiger partial charge on any atom is 0.433 e. The zero-order valence-electron chi connectivity index (χ0n) is 38.6. The van der Waals surface area contributed by atoms with Crippen LogP contribution >= 0.6 is 0 Å². The molecular formula is C47H45F8N9O7S2. The second kappa shape index (κ2) is 22.2. The molecule has 0 aliphatic carbocycles. The van der Waals surface area contributed by atoms with E-state index in [-0.39, 0.29) is 54.5 Å². The van der Waals surface area contributed by atoms with Crippen LogP contribution in [0.4, 0.5) is 35.1 Å². The van der Waals surface area contributed by atoms with Gasteiger partial charge in [0.2, 0.25) is 20.0 Å². The van der Waals surface area contributed by atoms with E-state index in [0.29, 0.717) is 53.2 Å². The van der Waals surface area contributed by atoms with E-state index in [9.17, 15) is 66.7 Å². The van der Waals surface area contributed by atoms with Crippen molar-refractivity contribution in [3.63, 3.8) is 0 Å². The van der Waals surface area contributed by atoms with E-state index in [1.165, 1.54) is 48.1 Å². The first kappa shape index (κ1) is 55.6. The molecule has 0 saturated carbocycles. The predicted octanol–water partition coefficient (Wildman–Crippen LogP) is 7.91. The van der Waals surface area contributed by atoms with Gasteiger partial charge in [-0.25, -0.2) is 45.6 Å². The van der Waals surface area contributed by atoms with Gasteiger partial charge in [0.05, 0.1) is 32.4 Å². The molecule has 0 unspecified atom stereocenters. The molecule has 2 saturated heterocycles. The summed E-state index contributed by atoms with van der Waals surface area (Å²) in [5, 5.41) is 9.23. The number of sulfonamides is 2. The summed E-state index contributed by atoms with van der Waals surface area (Å²) in [5.41, 5.74) is 3.55. The molecule has 2 aromatic carbocycles. The second-order valence-corrected chi connectivity index (χ2v) is 20.6. The first-order valence-electron chi connectivity index (χ1n) is 21.9. The number of nitrogens with two attached hydrogens (primary N) is 1. The minimum Gasteiger partial charge on any atom is -0.480 e. The van der Waals surface area contributed by atoms with E-state index in [1.54, 1.807) is 19.1 Å². The van der Waals surface area contributed by atoms with Crippen LogP contribution in [0.3, 0.4) is 0 Å². The van der Waals surface area contributed by atoms with Gasteiger partial charge in [-0.2, -0.15) is 35.0 Å². The summed E-state index contributed by atoms with van der Waals surface area (Å²) in [6, 6.07) is 16.4. The zero-order valence-corrected chi connectivity index (χ0v) is 40.3. The number of carbonyl (C=O) groups is 2. The highest BCUT2D eigenvalue weighted by Crippen LogP contribution is 2.38. The Morgan fingerprint density at radius 2 is 1.03 bits per heavy atom. The molecule has 2 aliphatic heterocycles. The molecule has 2 aliphatic rings. The Morgan fingerprint density at radius 3 is 1.42 bits per heavy atom. The van der Waals surface area contributed by atoms with Gasteiger partial charge in [0.15, 0.2) is 5.78 Å². The highest BCUT2D eigenvalue weighted by atomic mass is 32.2. The minimum atomic E-state index is -4.55. The Morgan fingerprint density at radius 1 is 0.616 bits per heavy atom. The molecule has 2 atom stereocenters. The topological polar surface area (TPSA) is 232 Å². The number of aryl methyl sites for hydroxylation is 1. The van der Waals surface area contributed by atoms with E-state index in [4.69, 9.17) is 5.73 Å². The molecule has 2 fully saturated rings. The molecule has 0 amide bonds. The summed E-state index contributed by atoms with van der Waals surface area (Å²) < 4.78 is 155. The van der Waals surface area contributed by atoms with Gasteiger partial charge in [0.25, 0.3) is 0 Å². The molecule has 73 heavy (non-hydrogen) atoms. The van der Waals surface area contributed by atoms with Crippen LogP contribution in [0.25, 0.3) is 22.5 Å². The third-order valence-electron chi connectivity index (χ3n) is 12.0. The van der Waals surface area contributed by atoms with Crippen molar-refractivity contribution in [1.29, 1.82) is 0 Å². The van der Waals surface area contributed by atoms with Crippen molar-refractivity contribution >= 4 is 31.8 Å². The van der Waals surface area contributed by atoms with Crippen LogP contribution in [0.1, 0.15) is 68.7 Å². The lowest BCUT2D eigenvalue weighted by atomic mass is 9.91. The molecule has 26 heteroatoms. The predicted molar refractivity (Wildman–Crippen MR) is 245 cm³/mol. The molecule has 8 rings (SSSR count). The third-order valence-corrected chi connectivity index (χ3v) is 16.0. The largest absolute Gasteiger partial charge is 0.480 e.